The van der Waals surface area contributed by atoms with Crippen LogP contribution in [0, 0.1) is 11.8 Å². The summed E-state index contributed by atoms with van der Waals surface area (Å²) in [6.45, 7) is 0. The highest BCUT2D eigenvalue weighted by Crippen LogP contribution is 2.28. The summed E-state index contributed by atoms with van der Waals surface area (Å²) in [5, 5.41) is 1.27. The van der Waals surface area contributed by atoms with Crippen LogP contribution < -0.4 is 0 Å². The topological polar surface area (TPSA) is 0 Å². The summed E-state index contributed by atoms with van der Waals surface area (Å²) >= 11 is 3.49. The monoisotopic (exact) mass is 316 g/mol. The summed E-state index contributed by atoms with van der Waals surface area (Å²) in [7, 11) is 0. The highest BCUT2D eigenvalue weighted by Gasteiger charge is 2.01. The van der Waals surface area contributed by atoms with Gasteiger partial charge in [0.15, 0.2) is 0 Å². The van der Waals surface area contributed by atoms with Crippen LogP contribution in [0.2, 0.25) is 0 Å². The molecule has 0 unspecified atom stereocenters. The highest BCUT2D eigenvalue weighted by atomic mass is 32.1. The van der Waals surface area contributed by atoms with E-state index in [1.54, 1.807) is 22.7 Å². The number of fused-ring (bicyclic) bond motifs is 1. The second kappa shape index (κ2) is 5.81. The van der Waals surface area contributed by atoms with Crippen molar-refractivity contribution < 1.29 is 0 Å². The number of hydrogen-bond acceptors (Lipinski definition) is 2. The average Bonchev–Trinajstić information content (AvgIpc) is 3.20. The molecule has 2 heterocycles. The van der Waals surface area contributed by atoms with Crippen molar-refractivity contribution in [3.05, 3.63) is 82.6 Å². The Morgan fingerprint density at radius 3 is 2.27 bits per heavy atom. The third-order valence-electron chi connectivity index (χ3n) is 3.40. The van der Waals surface area contributed by atoms with Gasteiger partial charge in [-0.2, -0.15) is 0 Å². The van der Waals surface area contributed by atoms with E-state index in [0.717, 1.165) is 9.75 Å². The summed E-state index contributed by atoms with van der Waals surface area (Å²) in [5.74, 6) is 6.59. The molecule has 4 rings (SSSR count). The lowest BCUT2D eigenvalue weighted by molar-refractivity contribution is 1.70. The van der Waals surface area contributed by atoms with Gasteiger partial charge in [0.1, 0.15) is 0 Å². The Morgan fingerprint density at radius 2 is 1.41 bits per heavy atom. The molecule has 4 aromatic rings. The Morgan fingerprint density at radius 1 is 0.636 bits per heavy atom. The minimum absolute atomic E-state index is 1.11. The van der Waals surface area contributed by atoms with Gasteiger partial charge in [0.25, 0.3) is 0 Å². The predicted octanol–water partition coefficient (Wildman–Crippen LogP) is 6.03. The molecule has 2 aromatic carbocycles. The molecule has 2 aromatic heterocycles. The first kappa shape index (κ1) is 13.3. The Hall–Kier alpha value is -2.34. The van der Waals surface area contributed by atoms with E-state index >= 15 is 0 Å². The minimum Gasteiger partial charge on any atom is -0.127 e. The maximum atomic E-state index is 3.29. The molecule has 0 saturated carbocycles. The van der Waals surface area contributed by atoms with Crippen molar-refractivity contribution in [1.82, 2.24) is 0 Å². The van der Waals surface area contributed by atoms with Gasteiger partial charge in [-0.3, -0.25) is 0 Å². The maximum Gasteiger partial charge on any atom is 0.0785 e. The van der Waals surface area contributed by atoms with Crippen LogP contribution in [-0.4, -0.2) is 0 Å². The number of thiophene rings is 2. The molecule has 0 amide bonds. The molecule has 22 heavy (non-hydrogen) atoms. The van der Waals surface area contributed by atoms with Gasteiger partial charge in [0, 0.05) is 9.58 Å². The third-order valence-corrected chi connectivity index (χ3v) is 5.48. The van der Waals surface area contributed by atoms with E-state index in [0.29, 0.717) is 0 Å². The van der Waals surface area contributed by atoms with E-state index in [1.165, 1.54) is 20.5 Å². The maximum absolute atomic E-state index is 3.29. The molecule has 0 atom stereocenters. The largest absolute Gasteiger partial charge is 0.127 e. The first-order valence-corrected chi connectivity index (χ1v) is 8.68. The van der Waals surface area contributed by atoms with Crippen LogP contribution >= 0.6 is 22.7 Å². The van der Waals surface area contributed by atoms with E-state index in [2.05, 4.69) is 78.6 Å². The normalized spacial score (nSPS) is 10.4. The molecule has 0 bridgehead atoms. The summed E-state index contributed by atoms with van der Waals surface area (Å²) in [6, 6.07) is 25.3. The van der Waals surface area contributed by atoms with Crippen LogP contribution in [-0.2, 0) is 0 Å². The highest BCUT2D eigenvalue weighted by molar-refractivity contribution is 7.19. The third kappa shape index (κ3) is 2.69. The lowest BCUT2D eigenvalue weighted by Crippen LogP contribution is -1.67. The zero-order chi connectivity index (χ0) is 14.8. The van der Waals surface area contributed by atoms with Gasteiger partial charge in [-0.25, -0.2) is 0 Å². The zero-order valence-electron chi connectivity index (χ0n) is 11.7. The molecule has 0 nitrogen and oxygen atoms in total. The van der Waals surface area contributed by atoms with Crippen molar-refractivity contribution in [3.63, 3.8) is 0 Å². The van der Waals surface area contributed by atoms with E-state index in [4.69, 9.17) is 0 Å². The van der Waals surface area contributed by atoms with E-state index in [9.17, 15) is 0 Å². The van der Waals surface area contributed by atoms with E-state index in [-0.39, 0.29) is 0 Å². The van der Waals surface area contributed by atoms with Crippen molar-refractivity contribution in [2.45, 2.75) is 0 Å². The van der Waals surface area contributed by atoms with Crippen molar-refractivity contribution >= 4 is 32.8 Å². The second-order valence-corrected chi connectivity index (χ2v) is 7.10. The van der Waals surface area contributed by atoms with Gasteiger partial charge in [0.05, 0.1) is 9.75 Å². The Labute approximate surface area is 137 Å². The first-order chi connectivity index (χ1) is 10.9. The van der Waals surface area contributed by atoms with Gasteiger partial charge < -0.3 is 0 Å². The van der Waals surface area contributed by atoms with Crippen LogP contribution in [0.1, 0.15) is 9.75 Å². The standard InChI is InChI=1S/C20H12S2/c1-2-6-15(7-3-1)20-13-12-17(21-20)10-11-18-14-16-8-4-5-9-19(16)22-18/h1-9,12-14H. The molecular weight excluding hydrogens is 304 g/mol. The van der Waals surface area contributed by atoms with E-state index in [1.807, 2.05) is 6.07 Å². The van der Waals surface area contributed by atoms with E-state index < -0.39 is 0 Å². The molecule has 104 valence electrons. The Bertz CT molecular complexity index is 945. The van der Waals surface area contributed by atoms with Crippen LogP contribution in [0.25, 0.3) is 20.5 Å². The van der Waals surface area contributed by atoms with Crippen molar-refractivity contribution in [1.29, 1.82) is 0 Å². The van der Waals surface area contributed by atoms with Crippen LogP contribution in [0.4, 0.5) is 0 Å². The fourth-order valence-electron chi connectivity index (χ4n) is 2.33. The molecule has 0 saturated heterocycles. The van der Waals surface area contributed by atoms with Gasteiger partial charge in [-0.15, -0.1) is 22.7 Å². The molecule has 0 radical (unpaired) electrons. The Balaban J connectivity index is 1.63. The SMILES string of the molecule is C(#Cc1cc2ccccc2s1)c1ccc(-c2ccccc2)s1. The number of hydrogen-bond donors (Lipinski definition) is 0. The predicted molar refractivity (Wildman–Crippen MR) is 97.6 cm³/mol. The number of rotatable bonds is 1. The number of benzene rings is 2. The average molecular weight is 316 g/mol. The fraction of sp³-hybridized carbons (Fsp3) is 0. The molecule has 2 heteroatoms. The second-order valence-electron chi connectivity index (χ2n) is 4.93. The first-order valence-electron chi connectivity index (χ1n) is 7.04. The molecule has 0 spiro atoms. The zero-order valence-corrected chi connectivity index (χ0v) is 13.4. The van der Waals surface area contributed by atoms with Crippen LogP contribution in [0.3, 0.4) is 0 Å². The lowest BCUT2D eigenvalue weighted by Gasteiger charge is -1.93. The van der Waals surface area contributed by atoms with Gasteiger partial charge in [-0.1, -0.05) is 48.5 Å². The molecule has 0 aliphatic heterocycles. The summed E-state index contributed by atoms with van der Waals surface area (Å²) < 4.78 is 1.29. The molecule has 0 N–H and O–H groups in total. The van der Waals surface area contributed by atoms with Gasteiger partial charge in [0.2, 0.25) is 0 Å². The van der Waals surface area contributed by atoms with Gasteiger partial charge >= 0.3 is 0 Å². The summed E-state index contributed by atoms with van der Waals surface area (Å²) in [6.07, 6.45) is 0. The molecule has 0 aliphatic carbocycles. The molecule has 0 fully saturated rings. The van der Waals surface area contributed by atoms with Crippen molar-refractivity contribution in [2.75, 3.05) is 0 Å². The quantitative estimate of drug-likeness (QED) is 0.376. The fourth-order valence-corrected chi connectivity index (χ4v) is 4.11. The van der Waals surface area contributed by atoms with Crippen LogP contribution in [0.5, 0.6) is 0 Å². The smallest absolute Gasteiger partial charge is 0.0785 e. The summed E-state index contributed by atoms with van der Waals surface area (Å²) in [4.78, 5) is 3.49. The lowest BCUT2D eigenvalue weighted by atomic mass is 10.2. The summed E-state index contributed by atoms with van der Waals surface area (Å²) in [5.41, 5.74) is 1.25. The Kier molecular flexibility index (Phi) is 3.52. The minimum atomic E-state index is 1.11. The molecule has 0 aliphatic rings. The molecular formula is C20H12S2. The van der Waals surface area contributed by atoms with Crippen molar-refractivity contribution in [3.8, 4) is 22.3 Å². The van der Waals surface area contributed by atoms with Crippen molar-refractivity contribution in [2.24, 2.45) is 0 Å². The van der Waals surface area contributed by atoms with Gasteiger partial charge in [-0.05, 0) is 47.1 Å². The van der Waals surface area contributed by atoms with Crippen LogP contribution in [0.15, 0.2) is 72.8 Å².